The van der Waals surface area contributed by atoms with E-state index in [0.717, 1.165) is 40.7 Å². The lowest BCUT2D eigenvalue weighted by Gasteiger charge is -2.14. The highest BCUT2D eigenvalue weighted by molar-refractivity contribution is 5.50. The molecule has 2 aromatic carbocycles. The number of aryl methyl sites for hydroxylation is 4. The van der Waals surface area contributed by atoms with Crippen molar-refractivity contribution in [3.63, 3.8) is 0 Å². The second-order valence-corrected chi connectivity index (χ2v) is 8.07. The number of phenols is 2. The molecule has 0 spiro atoms. The van der Waals surface area contributed by atoms with E-state index in [0.29, 0.717) is 17.9 Å². The van der Waals surface area contributed by atoms with Crippen LogP contribution in [0.15, 0.2) is 24.3 Å². The second kappa shape index (κ2) is 10.4. The van der Waals surface area contributed by atoms with Crippen molar-refractivity contribution in [3.8, 4) is 11.5 Å². The van der Waals surface area contributed by atoms with E-state index in [-0.39, 0.29) is 0 Å². The van der Waals surface area contributed by atoms with Crippen molar-refractivity contribution >= 4 is 0 Å². The molecule has 2 aromatic rings. The predicted molar refractivity (Wildman–Crippen MR) is 115 cm³/mol. The molecular weight excluding hydrogens is 332 g/mol. The molecule has 0 bridgehead atoms. The van der Waals surface area contributed by atoms with Crippen LogP contribution in [0, 0.1) is 20.8 Å². The van der Waals surface area contributed by atoms with E-state index >= 15 is 0 Å². The van der Waals surface area contributed by atoms with E-state index in [1.807, 2.05) is 32.0 Å². The molecule has 0 fully saturated rings. The molecule has 0 aliphatic heterocycles. The van der Waals surface area contributed by atoms with Gasteiger partial charge in [-0.15, -0.1) is 0 Å². The summed E-state index contributed by atoms with van der Waals surface area (Å²) in [5.41, 5.74) is 6.03. The number of aromatic hydroxyl groups is 2. The summed E-state index contributed by atoms with van der Waals surface area (Å²) in [5.74, 6) is 0.750. The molecule has 2 nitrogen and oxygen atoms in total. The summed E-state index contributed by atoms with van der Waals surface area (Å²) in [7, 11) is 0. The highest BCUT2D eigenvalue weighted by atomic mass is 16.3. The molecule has 0 saturated heterocycles. The Morgan fingerprint density at radius 3 is 1.81 bits per heavy atom. The van der Waals surface area contributed by atoms with Gasteiger partial charge in [0.15, 0.2) is 0 Å². The molecule has 2 heteroatoms. The van der Waals surface area contributed by atoms with Gasteiger partial charge in [-0.25, -0.2) is 0 Å². The van der Waals surface area contributed by atoms with Gasteiger partial charge in [0.05, 0.1) is 0 Å². The van der Waals surface area contributed by atoms with E-state index in [2.05, 4.69) is 19.9 Å². The Hall–Kier alpha value is -1.96. The third-order valence-electron chi connectivity index (χ3n) is 5.37. The minimum atomic E-state index is 0.343. The van der Waals surface area contributed by atoms with E-state index in [9.17, 15) is 10.2 Å². The minimum absolute atomic E-state index is 0.343. The average molecular weight is 369 g/mol. The number of hydrogen-bond acceptors (Lipinski definition) is 2. The number of benzene rings is 2. The summed E-state index contributed by atoms with van der Waals surface area (Å²) < 4.78 is 0. The van der Waals surface area contributed by atoms with E-state index in [4.69, 9.17) is 0 Å². The van der Waals surface area contributed by atoms with E-state index < -0.39 is 0 Å². The average Bonchev–Trinajstić information content (AvgIpc) is 2.62. The quantitative estimate of drug-likeness (QED) is 0.447. The van der Waals surface area contributed by atoms with Crippen molar-refractivity contribution in [3.05, 3.63) is 57.6 Å². The van der Waals surface area contributed by atoms with E-state index in [1.54, 1.807) is 0 Å². The maximum Gasteiger partial charge on any atom is 0.122 e. The van der Waals surface area contributed by atoms with Gasteiger partial charge in [-0.3, -0.25) is 0 Å². The van der Waals surface area contributed by atoms with Crippen LogP contribution in [-0.2, 0) is 12.8 Å². The smallest absolute Gasteiger partial charge is 0.122 e. The molecule has 0 aromatic heterocycles. The molecule has 0 aliphatic rings. The summed E-state index contributed by atoms with van der Waals surface area (Å²) in [5, 5.41) is 21.2. The van der Waals surface area contributed by atoms with Crippen LogP contribution < -0.4 is 0 Å². The lowest BCUT2D eigenvalue weighted by Crippen LogP contribution is -1.97. The van der Waals surface area contributed by atoms with E-state index in [1.165, 1.54) is 44.1 Å². The van der Waals surface area contributed by atoms with Crippen LogP contribution in [0.2, 0.25) is 0 Å². The normalized spacial score (nSPS) is 11.1. The van der Waals surface area contributed by atoms with Crippen LogP contribution in [0.25, 0.3) is 0 Å². The second-order valence-electron chi connectivity index (χ2n) is 8.07. The first-order valence-electron chi connectivity index (χ1n) is 10.5. The number of rotatable bonds is 10. The summed E-state index contributed by atoms with van der Waals surface area (Å²) in [6, 6.07) is 8.15. The molecule has 0 saturated carbocycles. The fourth-order valence-corrected chi connectivity index (χ4v) is 3.92. The Labute approximate surface area is 165 Å². The number of unbranched alkanes of at least 4 members (excludes halogenated alkanes) is 6. The van der Waals surface area contributed by atoms with Gasteiger partial charge in [0.1, 0.15) is 11.5 Å². The van der Waals surface area contributed by atoms with Gasteiger partial charge >= 0.3 is 0 Å². The van der Waals surface area contributed by atoms with Crippen LogP contribution in [-0.4, -0.2) is 10.2 Å². The third-order valence-corrected chi connectivity index (χ3v) is 5.37. The molecule has 0 radical (unpaired) electrons. The Kier molecular flexibility index (Phi) is 8.22. The third kappa shape index (κ3) is 6.30. The number of hydrogen-bond donors (Lipinski definition) is 2. The molecule has 0 amide bonds. The zero-order valence-corrected chi connectivity index (χ0v) is 17.6. The summed E-state index contributed by atoms with van der Waals surface area (Å²) in [6.45, 7) is 8.29. The van der Waals surface area contributed by atoms with Crippen LogP contribution >= 0.6 is 0 Å². The maximum absolute atomic E-state index is 10.8. The molecular formula is C25H36O2. The van der Waals surface area contributed by atoms with Crippen LogP contribution in [0.1, 0.15) is 85.3 Å². The molecule has 2 N–H and O–H groups in total. The van der Waals surface area contributed by atoms with Crippen molar-refractivity contribution in [2.45, 2.75) is 85.5 Å². The van der Waals surface area contributed by atoms with Gasteiger partial charge in [0.2, 0.25) is 0 Å². The largest absolute Gasteiger partial charge is 0.507 e. The summed E-state index contributed by atoms with van der Waals surface area (Å²) in [6.07, 6.45) is 10.4. The Bertz CT molecular complexity index is 746. The highest BCUT2D eigenvalue weighted by Crippen LogP contribution is 2.32. The Morgan fingerprint density at radius 2 is 1.15 bits per heavy atom. The van der Waals surface area contributed by atoms with Crippen LogP contribution in [0.5, 0.6) is 11.5 Å². The first-order valence-corrected chi connectivity index (χ1v) is 10.5. The van der Waals surface area contributed by atoms with Gasteiger partial charge in [-0.1, -0.05) is 80.8 Å². The lowest BCUT2D eigenvalue weighted by atomic mass is 9.94. The van der Waals surface area contributed by atoms with Crippen molar-refractivity contribution in [1.82, 2.24) is 0 Å². The molecule has 0 aliphatic carbocycles. The van der Waals surface area contributed by atoms with Gasteiger partial charge < -0.3 is 10.2 Å². The van der Waals surface area contributed by atoms with Gasteiger partial charge in [0.25, 0.3) is 0 Å². The lowest BCUT2D eigenvalue weighted by molar-refractivity contribution is 0.455. The molecule has 0 heterocycles. The zero-order valence-electron chi connectivity index (χ0n) is 17.6. The predicted octanol–water partition coefficient (Wildman–Crippen LogP) is 6.91. The Balaban J connectivity index is 2.05. The van der Waals surface area contributed by atoms with Crippen molar-refractivity contribution in [2.75, 3.05) is 0 Å². The summed E-state index contributed by atoms with van der Waals surface area (Å²) in [4.78, 5) is 0. The highest BCUT2D eigenvalue weighted by Gasteiger charge is 2.13. The molecule has 27 heavy (non-hydrogen) atoms. The standard InChI is InChI=1S/C25H36O2/c1-5-6-7-8-9-10-11-12-21-14-19(3)16-23(25(21)27)17-22-15-18(2)13-20(4)24(22)26/h13-16,26-27H,5-12,17H2,1-4H3. The van der Waals surface area contributed by atoms with Crippen molar-refractivity contribution in [2.24, 2.45) is 0 Å². The number of phenolic OH excluding ortho intramolecular Hbond substituents is 2. The van der Waals surface area contributed by atoms with Gasteiger partial charge in [0, 0.05) is 6.42 Å². The molecule has 2 rings (SSSR count). The first kappa shape index (κ1) is 21.3. The molecule has 148 valence electrons. The zero-order chi connectivity index (χ0) is 19.8. The minimum Gasteiger partial charge on any atom is -0.507 e. The summed E-state index contributed by atoms with van der Waals surface area (Å²) >= 11 is 0. The first-order chi connectivity index (χ1) is 12.9. The van der Waals surface area contributed by atoms with Crippen LogP contribution in [0.4, 0.5) is 0 Å². The van der Waals surface area contributed by atoms with Crippen LogP contribution in [0.3, 0.4) is 0 Å². The monoisotopic (exact) mass is 368 g/mol. The SMILES string of the molecule is CCCCCCCCCc1cc(C)cc(Cc2cc(C)cc(C)c2O)c1O. The maximum atomic E-state index is 10.8. The van der Waals surface area contributed by atoms with Crippen molar-refractivity contribution < 1.29 is 10.2 Å². The van der Waals surface area contributed by atoms with Gasteiger partial charge in [-0.05, 0) is 55.9 Å². The fourth-order valence-electron chi connectivity index (χ4n) is 3.92. The fraction of sp³-hybridized carbons (Fsp3) is 0.520. The molecule has 0 atom stereocenters. The topological polar surface area (TPSA) is 40.5 Å². The molecule has 0 unspecified atom stereocenters. The Morgan fingerprint density at radius 1 is 0.630 bits per heavy atom. The van der Waals surface area contributed by atoms with Crippen molar-refractivity contribution in [1.29, 1.82) is 0 Å². The van der Waals surface area contributed by atoms with Gasteiger partial charge in [-0.2, -0.15) is 0 Å².